The summed E-state index contributed by atoms with van der Waals surface area (Å²) in [6, 6.07) is 22.2. The molecule has 3 aromatic carbocycles. The largest absolute Gasteiger partial charge is 0.497 e. The van der Waals surface area contributed by atoms with E-state index >= 15 is 0 Å². The van der Waals surface area contributed by atoms with Crippen molar-refractivity contribution >= 4 is 45.1 Å². The Bertz CT molecular complexity index is 1730. The first-order valence-electron chi connectivity index (χ1n) is 10.8. The Hall–Kier alpha value is -4.01. The molecular weight excluding hydrogens is 484 g/mol. The molecule has 3 heterocycles. The van der Waals surface area contributed by atoms with Crippen LogP contribution in [0.2, 0.25) is 5.02 Å². The number of hydrogen-bond acceptors (Lipinski definition) is 6. The lowest BCUT2D eigenvalue weighted by molar-refractivity contribution is -0.113. The summed E-state index contributed by atoms with van der Waals surface area (Å²) in [5.41, 5.74) is 3.04. The smallest absolute Gasteiger partial charge is 0.291 e. The van der Waals surface area contributed by atoms with Crippen molar-refractivity contribution in [3.8, 4) is 17.1 Å². The number of hydrogen-bond donors (Lipinski definition) is 0. The van der Waals surface area contributed by atoms with Gasteiger partial charge >= 0.3 is 0 Å². The van der Waals surface area contributed by atoms with Crippen LogP contribution in [-0.2, 0) is 11.3 Å². The number of halogens is 1. The Morgan fingerprint density at radius 2 is 1.71 bits per heavy atom. The Morgan fingerprint density at radius 1 is 0.971 bits per heavy atom. The quantitative estimate of drug-likeness (QED) is 0.373. The number of aromatic nitrogens is 3. The summed E-state index contributed by atoms with van der Waals surface area (Å²) < 4.78 is 6.78. The average Bonchev–Trinajstić information content (AvgIpc) is 3.51. The van der Waals surface area contributed by atoms with Gasteiger partial charge < -0.3 is 9.64 Å². The van der Waals surface area contributed by atoms with Crippen molar-refractivity contribution in [2.75, 3.05) is 12.0 Å². The molecule has 1 aliphatic heterocycles. The predicted octanol–water partition coefficient (Wildman–Crippen LogP) is 3.94. The van der Waals surface area contributed by atoms with Crippen molar-refractivity contribution in [3.63, 3.8) is 0 Å². The zero-order valence-corrected chi connectivity index (χ0v) is 20.0. The summed E-state index contributed by atoms with van der Waals surface area (Å²) in [6.07, 6.45) is 0. The fourth-order valence-electron chi connectivity index (χ4n) is 4.20. The van der Waals surface area contributed by atoms with E-state index in [9.17, 15) is 9.59 Å². The van der Waals surface area contributed by atoms with E-state index in [2.05, 4.69) is 10.1 Å². The number of para-hydroxylation sites is 1. The van der Waals surface area contributed by atoms with Crippen LogP contribution in [0.25, 0.3) is 21.9 Å². The highest BCUT2D eigenvalue weighted by Gasteiger charge is 2.34. The Kier molecular flexibility index (Phi) is 5.12. The van der Waals surface area contributed by atoms with E-state index in [1.54, 1.807) is 18.1 Å². The highest BCUT2D eigenvalue weighted by Crippen LogP contribution is 2.37. The van der Waals surface area contributed by atoms with Gasteiger partial charge in [-0.1, -0.05) is 59.3 Å². The van der Waals surface area contributed by atoms with Crippen LogP contribution in [0, 0.1) is 0 Å². The van der Waals surface area contributed by atoms with Gasteiger partial charge in [0.2, 0.25) is 4.96 Å². The molecule has 0 radical (unpaired) electrons. The first-order chi connectivity index (χ1) is 17.0. The van der Waals surface area contributed by atoms with Crippen LogP contribution in [0.4, 0.5) is 5.69 Å². The molecule has 5 aromatic rings. The summed E-state index contributed by atoms with van der Waals surface area (Å²) in [4.78, 5) is 33.6. The third-order valence-electron chi connectivity index (χ3n) is 5.94. The summed E-state index contributed by atoms with van der Waals surface area (Å²) in [5.74, 6) is 0.909. The van der Waals surface area contributed by atoms with Crippen molar-refractivity contribution in [3.05, 3.63) is 104 Å². The number of benzene rings is 3. The lowest BCUT2D eigenvalue weighted by Crippen LogP contribution is -2.32. The molecule has 1 amide bonds. The molecule has 0 bridgehead atoms. The van der Waals surface area contributed by atoms with Crippen LogP contribution in [0.1, 0.15) is 11.1 Å². The van der Waals surface area contributed by atoms with E-state index in [-0.39, 0.29) is 11.5 Å². The van der Waals surface area contributed by atoms with Crippen molar-refractivity contribution in [1.82, 2.24) is 14.6 Å². The first kappa shape index (κ1) is 21.5. The minimum absolute atomic E-state index is 0.247. The van der Waals surface area contributed by atoms with Crippen molar-refractivity contribution in [1.29, 1.82) is 0 Å². The molecule has 0 spiro atoms. The number of thiazole rings is 1. The molecule has 0 aliphatic carbocycles. The van der Waals surface area contributed by atoms with Gasteiger partial charge in [-0.25, -0.2) is 0 Å². The number of carbonyl (C=O) groups is 1. The first-order valence-corrected chi connectivity index (χ1v) is 12.0. The number of anilines is 1. The molecule has 9 heteroatoms. The Morgan fingerprint density at radius 3 is 2.46 bits per heavy atom. The topological polar surface area (TPSA) is 76.8 Å². The van der Waals surface area contributed by atoms with E-state index < -0.39 is 0 Å². The zero-order chi connectivity index (χ0) is 24.1. The third-order valence-corrected chi connectivity index (χ3v) is 7.34. The SMILES string of the molecule is COc1ccc(-c2nc3s/c(=C4\C(=O)N(Cc5ccccc5Cl)c5ccccc54)c(=O)n3n2)cc1. The number of amides is 1. The summed E-state index contributed by atoms with van der Waals surface area (Å²) in [6.45, 7) is 0.301. The van der Waals surface area contributed by atoms with Gasteiger partial charge in [-0.3, -0.25) is 9.59 Å². The molecule has 0 saturated carbocycles. The number of carbonyl (C=O) groups excluding carboxylic acids is 1. The van der Waals surface area contributed by atoms with Crippen LogP contribution >= 0.6 is 22.9 Å². The molecule has 6 rings (SSSR count). The van der Waals surface area contributed by atoms with Crippen molar-refractivity contribution < 1.29 is 9.53 Å². The third kappa shape index (κ3) is 3.50. The number of nitrogens with zero attached hydrogens (tertiary/aromatic N) is 4. The highest BCUT2D eigenvalue weighted by molar-refractivity contribution is 7.15. The lowest BCUT2D eigenvalue weighted by atomic mass is 10.1. The molecule has 7 nitrogen and oxygen atoms in total. The second-order valence-electron chi connectivity index (χ2n) is 7.97. The zero-order valence-electron chi connectivity index (χ0n) is 18.4. The molecule has 0 saturated heterocycles. The predicted molar refractivity (Wildman–Crippen MR) is 136 cm³/mol. The second kappa shape index (κ2) is 8.33. The minimum atomic E-state index is -0.366. The standard InChI is InChI=1S/C26H17ClN4O3S/c1-34-17-12-10-15(11-13-17)23-28-26-31(29-23)25(33)22(35-26)21-18-7-3-5-9-20(18)30(24(21)32)14-16-6-2-4-8-19(16)27/h2-13H,14H2,1H3/b22-21-. The van der Waals surface area contributed by atoms with Gasteiger partial charge in [-0.15, -0.1) is 5.10 Å². The highest BCUT2D eigenvalue weighted by atomic mass is 35.5. The normalized spacial score (nSPS) is 14.6. The molecule has 0 atom stereocenters. The summed E-state index contributed by atoms with van der Waals surface area (Å²) in [5, 5.41) is 5.00. The van der Waals surface area contributed by atoms with Crippen LogP contribution in [0.5, 0.6) is 5.75 Å². The van der Waals surface area contributed by atoms with Gasteiger partial charge in [0, 0.05) is 16.1 Å². The van der Waals surface area contributed by atoms with E-state index in [0.29, 0.717) is 38.0 Å². The molecule has 172 valence electrons. The van der Waals surface area contributed by atoms with Gasteiger partial charge in [-0.2, -0.15) is 9.50 Å². The van der Waals surface area contributed by atoms with E-state index in [0.717, 1.165) is 33.9 Å². The van der Waals surface area contributed by atoms with Crippen LogP contribution < -0.4 is 19.7 Å². The van der Waals surface area contributed by atoms with Gasteiger partial charge in [-0.05, 0) is 42.0 Å². The second-order valence-corrected chi connectivity index (χ2v) is 9.35. The monoisotopic (exact) mass is 500 g/mol. The molecule has 0 N–H and O–H groups in total. The molecule has 0 fully saturated rings. The summed E-state index contributed by atoms with van der Waals surface area (Å²) in [7, 11) is 1.60. The summed E-state index contributed by atoms with van der Waals surface area (Å²) >= 11 is 7.52. The fraction of sp³-hybridized carbons (Fsp3) is 0.0769. The van der Waals surface area contributed by atoms with Crippen molar-refractivity contribution in [2.45, 2.75) is 6.54 Å². The van der Waals surface area contributed by atoms with E-state index in [4.69, 9.17) is 16.3 Å². The molecular formula is C26H17ClN4O3S. The maximum atomic E-state index is 13.6. The number of methoxy groups -OCH3 is 1. The molecule has 2 aromatic heterocycles. The Labute approximate surface area is 208 Å². The van der Waals surface area contributed by atoms with Crippen LogP contribution in [-0.4, -0.2) is 27.6 Å². The average molecular weight is 501 g/mol. The minimum Gasteiger partial charge on any atom is -0.497 e. The maximum Gasteiger partial charge on any atom is 0.291 e. The molecule has 35 heavy (non-hydrogen) atoms. The molecule has 1 aliphatic rings. The lowest BCUT2D eigenvalue weighted by Gasteiger charge is -2.17. The maximum absolute atomic E-state index is 13.6. The fourth-order valence-corrected chi connectivity index (χ4v) is 5.39. The van der Waals surface area contributed by atoms with Crippen molar-refractivity contribution in [2.24, 2.45) is 0 Å². The van der Waals surface area contributed by atoms with E-state index in [1.807, 2.05) is 66.7 Å². The number of fused-ring (bicyclic) bond motifs is 2. The molecule has 0 unspecified atom stereocenters. The van der Waals surface area contributed by atoms with Gasteiger partial charge in [0.15, 0.2) is 5.82 Å². The van der Waals surface area contributed by atoms with Crippen LogP contribution in [0.15, 0.2) is 77.6 Å². The number of ether oxygens (including phenoxy) is 1. The number of rotatable bonds is 4. The van der Waals surface area contributed by atoms with Crippen LogP contribution in [0.3, 0.4) is 0 Å². The van der Waals surface area contributed by atoms with Gasteiger partial charge in [0.25, 0.3) is 11.5 Å². The van der Waals surface area contributed by atoms with E-state index in [1.165, 1.54) is 4.52 Å². The van der Waals surface area contributed by atoms with Gasteiger partial charge in [0.05, 0.1) is 24.9 Å². The Balaban J connectivity index is 1.47. The van der Waals surface area contributed by atoms with Gasteiger partial charge in [0.1, 0.15) is 10.3 Å².